The fourth-order valence-corrected chi connectivity index (χ4v) is 2.19. The molecule has 0 heterocycles. The van der Waals surface area contributed by atoms with E-state index in [4.69, 9.17) is 27.2 Å². The van der Waals surface area contributed by atoms with Gasteiger partial charge in [0.05, 0.1) is 5.69 Å². The summed E-state index contributed by atoms with van der Waals surface area (Å²) in [4.78, 5) is 46.0. The first-order valence-corrected chi connectivity index (χ1v) is 9.20. The molecule has 8 N–H and O–H groups in total. The van der Waals surface area contributed by atoms with Crippen LogP contribution in [0.25, 0.3) is 10.4 Å². The maximum Gasteiger partial charge on any atom is 0.326 e. The first-order valence-electron chi connectivity index (χ1n) is 9.20. The number of benzene rings is 1. The zero-order valence-electron chi connectivity index (χ0n) is 17.2. The Morgan fingerprint density at radius 3 is 2.26 bits per heavy atom. The molecule has 0 aliphatic heterocycles. The second kappa shape index (κ2) is 14.2. The summed E-state index contributed by atoms with van der Waals surface area (Å²) in [6.45, 7) is 3.74. The molecule has 1 aromatic carbocycles. The van der Waals surface area contributed by atoms with Gasteiger partial charge in [-0.05, 0) is 30.4 Å². The van der Waals surface area contributed by atoms with Crippen molar-refractivity contribution in [1.82, 2.24) is 10.6 Å². The molecule has 0 aliphatic rings. The van der Waals surface area contributed by atoms with Crippen molar-refractivity contribution >= 4 is 29.6 Å². The van der Waals surface area contributed by atoms with Crippen molar-refractivity contribution in [2.24, 2.45) is 22.5 Å². The Hall–Kier alpha value is -3.83. The number of azide groups is 1. The molecule has 2 unspecified atom stereocenters. The van der Waals surface area contributed by atoms with E-state index in [0.29, 0.717) is 19.4 Å². The van der Waals surface area contributed by atoms with E-state index < -0.39 is 36.0 Å². The smallest absolute Gasteiger partial charge is 0.326 e. The fraction of sp³-hybridized carbons (Fsp3) is 0.444. The maximum absolute atomic E-state index is 12.0. The molecular weight excluding hydrogens is 410 g/mol. The van der Waals surface area contributed by atoms with E-state index >= 15 is 0 Å². The van der Waals surface area contributed by atoms with Gasteiger partial charge in [-0.25, -0.2) is 9.59 Å². The van der Waals surface area contributed by atoms with E-state index in [0.717, 1.165) is 0 Å². The van der Waals surface area contributed by atoms with Gasteiger partial charge >= 0.3 is 18.0 Å². The van der Waals surface area contributed by atoms with Crippen molar-refractivity contribution in [2.75, 3.05) is 6.54 Å². The van der Waals surface area contributed by atoms with Gasteiger partial charge < -0.3 is 32.3 Å². The van der Waals surface area contributed by atoms with Gasteiger partial charge in [0, 0.05) is 17.0 Å². The van der Waals surface area contributed by atoms with E-state index in [-0.39, 0.29) is 17.2 Å². The van der Waals surface area contributed by atoms with Gasteiger partial charge in [0.1, 0.15) is 12.1 Å². The number of urea groups is 1. The van der Waals surface area contributed by atoms with E-state index in [1.54, 1.807) is 26.0 Å². The summed E-state index contributed by atoms with van der Waals surface area (Å²) in [5.41, 5.74) is 18.7. The second-order valence-electron chi connectivity index (χ2n) is 6.62. The lowest BCUT2D eigenvalue weighted by molar-refractivity contribution is -0.140. The topological polar surface area (TPSA) is 234 Å². The molecule has 0 saturated heterocycles. The Kier molecular flexibility index (Phi) is 12.4. The van der Waals surface area contributed by atoms with Crippen LogP contribution < -0.4 is 22.1 Å². The minimum atomic E-state index is -1.11. The SMILES string of the molecule is CC(C)C(NC(=O)c1ccccc1N=[N+]=[N-])C(=O)O.NC(=O)NCCCC(N)C(=O)O. The molecule has 0 saturated carbocycles. The van der Waals surface area contributed by atoms with Crippen molar-refractivity contribution in [3.05, 3.63) is 40.3 Å². The van der Waals surface area contributed by atoms with Crippen LogP contribution in [-0.4, -0.2) is 52.7 Å². The lowest BCUT2D eigenvalue weighted by atomic mass is 10.0. The molecule has 0 aliphatic carbocycles. The first kappa shape index (κ1) is 27.2. The molecule has 0 spiro atoms. The minimum Gasteiger partial charge on any atom is -0.480 e. The van der Waals surface area contributed by atoms with Crippen LogP contribution in [0.2, 0.25) is 0 Å². The van der Waals surface area contributed by atoms with E-state index in [1.807, 2.05) is 0 Å². The summed E-state index contributed by atoms with van der Waals surface area (Å²) in [6.07, 6.45) is 0.839. The maximum atomic E-state index is 12.0. The Morgan fingerprint density at radius 2 is 1.77 bits per heavy atom. The normalized spacial score (nSPS) is 11.7. The summed E-state index contributed by atoms with van der Waals surface area (Å²) in [5.74, 6) is -2.98. The molecule has 13 heteroatoms. The van der Waals surface area contributed by atoms with Gasteiger partial charge in [-0.15, -0.1) is 0 Å². The number of amides is 3. The van der Waals surface area contributed by atoms with Gasteiger partial charge in [-0.2, -0.15) is 0 Å². The van der Waals surface area contributed by atoms with Crippen LogP contribution in [0, 0.1) is 5.92 Å². The molecule has 1 aromatic rings. The average Bonchev–Trinajstić information content (AvgIpc) is 2.69. The highest BCUT2D eigenvalue weighted by molar-refractivity contribution is 6.00. The van der Waals surface area contributed by atoms with E-state index in [1.165, 1.54) is 12.1 Å². The van der Waals surface area contributed by atoms with Crippen molar-refractivity contribution in [3.8, 4) is 0 Å². The number of carbonyl (C=O) groups excluding carboxylic acids is 2. The summed E-state index contributed by atoms with van der Waals surface area (Å²) < 4.78 is 0. The third-order valence-corrected chi connectivity index (χ3v) is 3.83. The molecule has 2 atom stereocenters. The molecule has 13 nitrogen and oxygen atoms in total. The Bertz CT molecular complexity index is 823. The quantitative estimate of drug-likeness (QED) is 0.136. The number of nitrogens with zero attached hydrogens (tertiary/aromatic N) is 3. The van der Waals surface area contributed by atoms with Gasteiger partial charge in [0.15, 0.2) is 0 Å². The van der Waals surface area contributed by atoms with E-state index in [2.05, 4.69) is 20.7 Å². The average molecular weight is 437 g/mol. The molecule has 1 rings (SSSR count). The van der Waals surface area contributed by atoms with Crippen LogP contribution in [0.15, 0.2) is 29.4 Å². The zero-order chi connectivity index (χ0) is 24.0. The highest BCUT2D eigenvalue weighted by Crippen LogP contribution is 2.19. The summed E-state index contributed by atoms with van der Waals surface area (Å²) in [6, 6.07) is 3.72. The number of primary amides is 1. The number of hydrogen-bond donors (Lipinski definition) is 6. The van der Waals surface area contributed by atoms with Gasteiger partial charge in [0.2, 0.25) is 0 Å². The number of carbonyl (C=O) groups is 4. The van der Waals surface area contributed by atoms with Crippen LogP contribution in [0.3, 0.4) is 0 Å². The first-order chi connectivity index (χ1) is 14.5. The highest BCUT2D eigenvalue weighted by atomic mass is 16.4. The van der Waals surface area contributed by atoms with Crippen molar-refractivity contribution < 1.29 is 29.4 Å². The number of rotatable bonds is 10. The molecule has 170 valence electrons. The standard InChI is InChI=1S/C12H14N4O3.C6H13N3O3/c1-7(2)10(12(18)19)14-11(17)8-5-3-4-6-9(8)15-16-13;7-4(5(10)11)2-1-3-9-6(8)12/h3-7,10H,1-2H3,(H,14,17)(H,18,19);4H,1-3,7H2,(H,10,11)(H3,8,9,12). The van der Waals surface area contributed by atoms with Crippen LogP contribution >= 0.6 is 0 Å². The lowest BCUT2D eigenvalue weighted by Gasteiger charge is -2.18. The largest absolute Gasteiger partial charge is 0.480 e. The molecule has 3 amide bonds. The van der Waals surface area contributed by atoms with E-state index in [9.17, 15) is 19.2 Å². The van der Waals surface area contributed by atoms with Crippen molar-refractivity contribution in [2.45, 2.75) is 38.8 Å². The Balaban J connectivity index is 0.000000649. The third-order valence-electron chi connectivity index (χ3n) is 3.83. The monoisotopic (exact) mass is 437 g/mol. The zero-order valence-corrected chi connectivity index (χ0v) is 17.2. The molecule has 0 aromatic heterocycles. The van der Waals surface area contributed by atoms with Gasteiger partial charge in [0.25, 0.3) is 5.91 Å². The molecule has 0 bridgehead atoms. The van der Waals surface area contributed by atoms with Crippen molar-refractivity contribution in [1.29, 1.82) is 0 Å². The van der Waals surface area contributed by atoms with Crippen LogP contribution in [0.5, 0.6) is 0 Å². The number of hydrogen-bond acceptors (Lipinski definition) is 6. The number of nitrogens with one attached hydrogen (secondary N) is 2. The Labute approximate surface area is 178 Å². The van der Waals surface area contributed by atoms with Gasteiger partial charge in [-0.3, -0.25) is 9.59 Å². The number of carboxylic acid groups (broad SMARTS) is 2. The summed E-state index contributed by atoms with van der Waals surface area (Å²) in [5, 5.41) is 25.5. The molecule has 0 radical (unpaired) electrons. The molecular formula is C18H27N7O6. The van der Waals surface area contributed by atoms with Crippen LogP contribution in [0.1, 0.15) is 37.0 Å². The minimum absolute atomic E-state index is 0.146. The third kappa shape index (κ3) is 11.1. The number of aliphatic carboxylic acids is 2. The highest BCUT2D eigenvalue weighted by Gasteiger charge is 2.24. The molecule has 0 fully saturated rings. The lowest BCUT2D eigenvalue weighted by Crippen LogP contribution is -2.44. The molecule has 31 heavy (non-hydrogen) atoms. The summed E-state index contributed by atoms with van der Waals surface area (Å²) >= 11 is 0. The van der Waals surface area contributed by atoms with Crippen LogP contribution in [0.4, 0.5) is 10.5 Å². The predicted octanol–water partition coefficient (Wildman–Crippen LogP) is 1.31. The summed E-state index contributed by atoms with van der Waals surface area (Å²) in [7, 11) is 0. The Morgan fingerprint density at radius 1 is 1.16 bits per heavy atom. The predicted molar refractivity (Wildman–Crippen MR) is 111 cm³/mol. The fourth-order valence-electron chi connectivity index (χ4n) is 2.19. The number of nitrogens with two attached hydrogens (primary N) is 2. The van der Waals surface area contributed by atoms with Crippen molar-refractivity contribution in [3.63, 3.8) is 0 Å². The number of carboxylic acids is 2. The second-order valence-corrected chi connectivity index (χ2v) is 6.62. The van der Waals surface area contributed by atoms with Crippen LogP contribution in [-0.2, 0) is 9.59 Å². The van der Waals surface area contributed by atoms with Gasteiger partial charge in [-0.1, -0.05) is 37.2 Å².